The largest absolute Gasteiger partial charge is 0.399 e. The standard InChI is InChI=1S/C19H33N3/c1-6-21-16(2)14-22(13-7-12-19(3,4)5)15-17-8-10-18(20)11-9-17/h6,8-11,16,21H,1,7,12-15,20H2,2-5H3. The molecule has 0 saturated carbocycles. The van der Waals surface area contributed by atoms with Crippen molar-refractivity contribution in [2.24, 2.45) is 5.41 Å². The van der Waals surface area contributed by atoms with Gasteiger partial charge in [0.25, 0.3) is 0 Å². The highest BCUT2D eigenvalue weighted by atomic mass is 15.1. The Labute approximate surface area is 136 Å². The number of nitrogens with zero attached hydrogens (tertiary/aromatic N) is 1. The quantitative estimate of drug-likeness (QED) is 0.677. The second-order valence-corrected chi connectivity index (χ2v) is 7.41. The van der Waals surface area contributed by atoms with Crippen molar-refractivity contribution in [1.29, 1.82) is 0 Å². The number of rotatable bonds is 9. The molecular weight excluding hydrogens is 270 g/mol. The summed E-state index contributed by atoms with van der Waals surface area (Å²) >= 11 is 0. The van der Waals surface area contributed by atoms with Crippen LogP contribution in [-0.2, 0) is 6.54 Å². The van der Waals surface area contributed by atoms with Crippen LogP contribution in [0.2, 0.25) is 0 Å². The average Bonchev–Trinajstić information content (AvgIpc) is 2.40. The Hall–Kier alpha value is -1.48. The number of nitrogens with two attached hydrogens (primary N) is 1. The lowest BCUT2D eigenvalue weighted by Gasteiger charge is -2.27. The summed E-state index contributed by atoms with van der Waals surface area (Å²) in [5, 5.41) is 3.28. The molecule has 1 rings (SSSR count). The molecule has 1 atom stereocenters. The molecule has 22 heavy (non-hydrogen) atoms. The molecule has 3 nitrogen and oxygen atoms in total. The predicted octanol–water partition coefficient (Wildman–Crippen LogP) is 4.02. The molecule has 0 aliphatic carbocycles. The van der Waals surface area contributed by atoms with Gasteiger partial charge in [0.15, 0.2) is 0 Å². The van der Waals surface area contributed by atoms with E-state index in [1.807, 2.05) is 12.1 Å². The molecule has 0 bridgehead atoms. The normalized spacial score (nSPS) is 13.1. The maximum Gasteiger partial charge on any atom is 0.0354 e. The van der Waals surface area contributed by atoms with Crippen LogP contribution >= 0.6 is 0 Å². The molecule has 0 aliphatic rings. The molecule has 0 radical (unpaired) electrons. The van der Waals surface area contributed by atoms with Gasteiger partial charge in [0.05, 0.1) is 0 Å². The second kappa shape index (κ2) is 8.84. The molecular formula is C19H33N3. The Balaban J connectivity index is 2.60. The van der Waals surface area contributed by atoms with Crippen LogP contribution in [0.3, 0.4) is 0 Å². The first-order chi connectivity index (χ1) is 10.3. The van der Waals surface area contributed by atoms with E-state index in [1.165, 1.54) is 18.4 Å². The van der Waals surface area contributed by atoms with Crippen LogP contribution in [0.4, 0.5) is 5.69 Å². The first-order valence-electron chi connectivity index (χ1n) is 8.24. The number of benzene rings is 1. The van der Waals surface area contributed by atoms with E-state index in [-0.39, 0.29) is 0 Å². The third-order valence-corrected chi connectivity index (χ3v) is 3.72. The molecule has 3 N–H and O–H groups in total. The molecule has 0 aromatic heterocycles. The van der Waals surface area contributed by atoms with Crippen LogP contribution in [0.5, 0.6) is 0 Å². The van der Waals surface area contributed by atoms with E-state index in [4.69, 9.17) is 5.73 Å². The van der Waals surface area contributed by atoms with Crippen molar-refractivity contribution < 1.29 is 0 Å². The van der Waals surface area contributed by atoms with Crippen molar-refractivity contribution in [3.05, 3.63) is 42.6 Å². The smallest absolute Gasteiger partial charge is 0.0354 e. The molecule has 0 fully saturated rings. The van der Waals surface area contributed by atoms with E-state index < -0.39 is 0 Å². The monoisotopic (exact) mass is 303 g/mol. The molecule has 1 unspecified atom stereocenters. The van der Waals surface area contributed by atoms with Gasteiger partial charge in [-0.2, -0.15) is 0 Å². The average molecular weight is 303 g/mol. The summed E-state index contributed by atoms with van der Waals surface area (Å²) < 4.78 is 0. The van der Waals surface area contributed by atoms with Gasteiger partial charge in [-0.15, -0.1) is 0 Å². The van der Waals surface area contributed by atoms with Crippen molar-refractivity contribution in [1.82, 2.24) is 10.2 Å². The van der Waals surface area contributed by atoms with Crippen LogP contribution < -0.4 is 11.1 Å². The number of hydrogen-bond donors (Lipinski definition) is 2. The molecule has 1 aromatic carbocycles. The Bertz CT molecular complexity index is 431. The van der Waals surface area contributed by atoms with E-state index in [0.29, 0.717) is 11.5 Å². The molecule has 3 heteroatoms. The highest BCUT2D eigenvalue weighted by Gasteiger charge is 2.13. The maximum atomic E-state index is 5.77. The molecule has 124 valence electrons. The minimum atomic E-state index is 0.401. The van der Waals surface area contributed by atoms with Crippen LogP contribution in [0.25, 0.3) is 0 Å². The third-order valence-electron chi connectivity index (χ3n) is 3.72. The number of nitrogens with one attached hydrogen (secondary N) is 1. The fraction of sp³-hybridized carbons (Fsp3) is 0.579. The van der Waals surface area contributed by atoms with Gasteiger partial charge in [0, 0.05) is 24.8 Å². The summed E-state index contributed by atoms with van der Waals surface area (Å²) in [6.07, 6.45) is 4.25. The van der Waals surface area contributed by atoms with E-state index in [1.54, 1.807) is 6.20 Å². The first-order valence-corrected chi connectivity index (χ1v) is 8.24. The van der Waals surface area contributed by atoms with Gasteiger partial charge in [-0.1, -0.05) is 39.5 Å². The lowest BCUT2D eigenvalue weighted by molar-refractivity contribution is 0.225. The van der Waals surface area contributed by atoms with Crippen LogP contribution in [-0.4, -0.2) is 24.0 Å². The lowest BCUT2D eigenvalue weighted by atomic mass is 9.90. The zero-order valence-corrected chi connectivity index (χ0v) is 14.7. The Morgan fingerprint density at radius 2 is 1.91 bits per heavy atom. The summed E-state index contributed by atoms with van der Waals surface area (Å²) in [5.74, 6) is 0. The topological polar surface area (TPSA) is 41.3 Å². The maximum absolute atomic E-state index is 5.77. The fourth-order valence-corrected chi connectivity index (χ4v) is 2.59. The van der Waals surface area contributed by atoms with Gasteiger partial charge in [-0.25, -0.2) is 0 Å². The molecule has 0 amide bonds. The molecule has 0 aliphatic heterocycles. The van der Waals surface area contributed by atoms with Crippen molar-refractivity contribution >= 4 is 5.69 Å². The van der Waals surface area contributed by atoms with Gasteiger partial charge >= 0.3 is 0 Å². The Morgan fingerprint density at radius 3 is 2.45 bits per heavy atom. The Morgan fingerprint density at radius 1 is 1.27 bits per heavy atom. The third kappa shape index (κ3) is 8.08. The first kappa shape index (κ1) is 18.6. The van der Waals surface area contributed by atoms with Crippen molar-refractivity contribution in [3.8, 4) is 0 Å². The number of nitrogen functional groups attached to an aromatic ring is 1. The highest BCUT2D eigenvalue weighted by Crippen LogP contribution is 2.21. The van der Waals surface area contributed by atoms with Gasteiger partial charge in [-0.3, -0.25) is 4.90 Å². The zero-order valence-electron chi connectivity index (χ0n) is 14.7. The van der Waals surface area contributed by atoms with Crippen LogP contribution in [0.15, 0.2) is 37.0 Å². The summed E-state index contributed by atoms with van der Waals surface area (Å²) in [6.45, 7) is 16.0. The second-order valence-electron chi connectivity index (χ2n) is 7.41. The molecule has 0 saturated heterocycles. The number of anilines is 1. The summed E-state index contributed by atoms with van der Waals surface area (Å²) in [7, 11) is 0. The van der Waals surface area contributed by atoms with Crippen molar-refractivity contribution in [2.75, 3.05) is 18.8 Å². The SMILES string of the molecule is C=CNC(C)CN(CCCC(C)(C)C)Cc1ccc(N)cc1. The summed E-state index contributed by atoms with van der Waals surface area (Å²) in [4.78, 5) is 2.51. The lowest BCUT2D eigenvalue weighted by Crippen LogP contribution is -2.37. The Kier molecular flexibility index (Phi) is 7.46. The van der Waals surface area contributed by atoms with Gasteiger partial charge < -0.3 is 11.1 Å². The van der Waals surface area contributed by atoms with Crippen LogP contribution in [0.1, 0.15) is 46.1 Å². The van der Waals surface area contributed by atoms with Gasteiger partial charge in [0.1, 0.15) is 0 Å². The van der Waals surface area contributed by atoms with E-state index in [0.717, 1.165) is 25.3 Å². The van der Waals surface area contributed by atoms with Crippen molar-refractivity contribution in [3.63, 3.8) is 0 Å². The minimum absolute atomic E-state index is 0.401. The van der Waals surface area contributed by atoms with Gasteiger partial charge in [0.2, 0.25) is 0 Å². The number of hydrogen-bond acceptors (Lipinski definition) is 3. The molecule has 1 aromatic rings. The fourth-order valence-electron chi connectivity index (χ4n) is 2.59. The molecule has 0 spiro atoms. The summed E-state index contributed by atoms with van der Waals surface area (Å²) in [6, 6.07) is 8.61. The predicted molar refractivity (Wildman–Crippen MR) is 97.6 cm³/mol. The minimum Gasteiger partial charge on any atom is -0.399 e. The van der Waals surface area contributed by atoms with Crippen molar-refractivity contribution in [2.45, 2.75) is 53.1 Å². The van der Waals surface area contributed by atoms with E-state index in [2.05, 4.69) is 56.6 Å². The zero-order chi connectivity index (χ0) is 16.6. The molecule has 0 heterocycles. The van der Waals surface area contributed by atoms with Crippen LogP contribution in [0, 0.1) is 5.41 Å². The summed E-state index contributed by atoms with van der Waals surface area (Å²) in [5.41, 5.74) is 8.31. The van der Waals surface area contributed by atoms with Gasteiger partial charge in [-0.05, 0) is 55.6 Å². The van der Waals surface area contributed by atoms with E-state index >= 15 is 0 Å². The highest BCUT2D eigenvalue weighted by molar-refractivity contribution is 5.39. The van der Waals surface area contributed by atoms with E-state index in [9.17, 15) is 0 Å².